The summed E-state index contributed by atoms with van der Waals surface area (Å²) in [6.07, 6.45) is 1.44. The predicted octanol–water partition coefficient (Wildman–Crippen LogP) is 1.68. The molecule has 0 spiro atoms. The van der Waals surface area contributed by atoms with Gasteiger partial charge >= 0.3 is 0 Å². The van der Waals surface area contributed by atoms with E-state index in [1.54, 1.807) is 12.1 Å². The standard InChI is InChI=1S/C13H18FNO/c1-15-7-6-13(16)11(9-15)8-10-2-4-12(14)5-3-10/h2-5,11,13,16H,6-9H2,1H3. The molecule has 2 atom stereocenters. The first kappa shape index (κ1) is 11.6. The quantitative estimate of drug-likeness (QED) is 0.824. The highest BCUT2D eigenvalue weighted by molar-refractivity contribution is 5.17. The molecule has 1 aliphatic heterocycles. The Bertz CT molecular complexity index is 338. The molecule has 0 amide bonds. The number of likely N-dealkylation sites (tertiary alicyclic amines) is 1. The zero-order valence-corrected chi connectivity index (χ0v) is 9.56. The molecule has 1 fully saturated rings. The first-order valence-corrected chi connectivity index (χ1v) is 5.76. The van der Waals surface area contributed by atoms with Crippen LogP contribution in [0.15, 0.2) is 24.3 Å². The Morgan fingerprint density at radius 2 is 2.06 bits per heavy atom. The zero-order valence-electron chi connectivity index (χ0n) is 9.56. The molecule has 3 heteroatoms. The molecule has 2 rings (SSSR count). The van der Waals surface area contributed by atoms with Gasteiger partial charge in [-0.2, -0.15) is 0 Å². The number of hydrogen-bond acceptors (Lipinski definition) is 2. The Kier molecular flexibility index (Phi) is 3.56. The lowest BCUT2D eigenvalue weighted by molar-refractivity contribution is 0.0366. The monoisotopic (exact) mass is 223 g/mol. The third-order valence-corrected chi connectivity index (χ3v) is 3.31. The summed E-state index contributed by atoms with van der Waals surface area (Å²) in [6, 6.07) is 6.57. The summed E-state index contributed by atoms with van der Waals surface area (Å²) in [5.41, 5.74) is 1.10. The minimum Gasteiger partial charge on any atom is -0.393 e. The molecule has 0 aliphatic carbocycles. The van der Waals surface area contributed by atoms with Gasteiger partial charge in [-0.15, -0.1) is 0 Å². The molecule has 2 nitrogen and oxygen atoms in total. The van der Waals surface area contributed by atoms with E-state index in [9.17, 15) is 9.50 Å². The number of aliphatic hydroxyl groups is 1. The fourth-order valence-electron chi connectivity index (χ4n) is 2.33. The van der Waals surface area contributed by atoms with Gasteiger partial charge in [0.15, 0.2) is 0 Å². The number of halogens is 1. The zero-order chi connectivity index (χ0) is 11.5. The van der Waals surface area contributed by atoms with E-state index >= 15 is 0 Å². The molecule has 88 valence electrons. The maximum absolute atomic E-state index is 12.7. The van der Waals surface area contributed by atoms with Gasteiger partial charge < -0.3 is 10.0 Å². The number of nitrogens with zero attached hydrogens (tertiary/aromatic N) is 1. The molecule has 1 saturated heterocycles. The molecule has 1 aromatic carbocycles. The van der Waals surface area contributed by atoms with Crippen molar-refractivity contribution in [3.8, 4) is 0 Å². The summed E-state index contributed by atoms with van der Waals surface area (Å²) in [7, 11) is 2.07. The van der Waals surface area contributed by atoms with Crippen molar-refractivity contribution in [1.29, 1.82) is 0 Å². The summed E-state index contributed by atoms with van der Waals surface area (Å²) < 4.78 is 12.7. The van der Waals surface area contributed by atoms with E-state index in [0.29, 0.717) is 0 Å². The van der Waals surface area contributed by atoms with Crippen molar-refractivity contribution in [2.24, 2.45) is 5.92 Å². The lowest BCUT2D eigenvalue weighted by Crippen LogP contribution is -2.41. The lowest BCUT2D eigenvalue weighted by Gasteiger charge is -2.34. The fraction of sp³-hybridized carbons (Fsp3) is 0.538. The van der Waals surface area contributed by atoms with Gasteiger partial charge in [0.05, 0.1) is 6.10 Å². The molecule has 1 heterocycles. The predicted molar refractivity (Wildman–Crippen MR) is 61.7 cm³/mol. The molecule has 1 N–H and O–H groups in total. The van der Waals surface area contributed by atoms with E-state index in [4.69, 9.17) is 0 Å². The maximum Gasteiger partial charge on any atom is 0.123 e. The molecule has 2 unspecified atom stereocenters. The van der Waals surface area contributed by atoms with Gasteiger partial charge in [0.2, 0.25) is 0 Å². The SMILES string of the molecule is CN1CCC(O)C(Cc2ccc(F)cc2)C1. The molecule has 0 radical (unpaired) electrons. The Morgan fingerprint density at radius 1 is 1.38 bits per heavy atom. The fourth-order valence-corrected chi connectivity index (χ4v) is 2.33. The van der Waals surface area contributed by atoms with Crippen LogP contribution in [0.1, 0.15) is 12.0 Å². The van der Waals surface area contributed by atoms with E-state index in [-0.39, 0.29) is 17.8 Å². The minimum atomic E-state index is -0.221. The largest absolute Gasteiger partial charge is 0.393 e. The van der Waals surface area contributed by atoms with Crippen LogP contribution in [0.4, 0.5) is 4.39 Å². The van der Waals surface area contributed by atoms with Crippen molar-refractivity contribution in [3.63, 3.8) is 0 Å². The van der Waals surface area contributed by atoms with Gasteiger partial charge in [0.25, 0.3) is 0 Å². The van der Waals surface area contributed by atoms with E-state index < -0.39 is 0 Å². The van der Waals surface area contributed by atoms with Crippen LogP contribution in [0, 0.1) is 11.7 Å². The van der Waals surface area contributed by atoms with E-state index in [2.05, 4.69) is 11.9 Å². The van der Waals surface area contributed by atoms with Gasteiger partial charge in [-0.3, -0.25) is 0 Å². The third-order valence-electron chi connectivity index (χ3n) is 3.31. The van der Waals surface area contributed by atoms with Crippen LogP contribution in [-0.4, -0.2) is 36.2 Å². The second-order valence-electron chi connectivity index (χ2n) is 4.71. The number of hydrogen-bond donors (Lipinski definition) is 1. The topological polar surface area (TPSA) is 23.5 Å². The third kappa shape index (κ3) is 2.80. The Hall–Kier alpha value is -0.930. The van der Waals surface area contributed by atoms with Crippen molar-refractivity contribution in [3.05, 3.63) is 35.6 Å². The van der Waals surface area contributed by atoms with Crippen LogP contribution in [0.25, 0.3) is 0 Å². The minimum absolute atomic E-state index is 0.204. The van der Waals surface area contributed by atoms with Crippen LogP contribution in [0.5, 0.6) is 0 Å². The van der Waals surface area contributed by atoms with Crippen molar-refractivity contribution < 1.29 is 9.50 Å². The van der Waals surface area contributed by atoms with Gasteiger partial charge in [-0.1, -0.05) is 12.1 Å². The van der Waals surface area contributed by atoms with Gasteiger partial charge in [0, 0.05) is 19.0 Å². The lowest BCUT2D eigenvalue weighted by atomic mass is 9.89. The number of rotatable bonds is 2. The Balaban J connectivity index is 2.00. The highest BCUT2D eigenvalue weighted by Gasteiger charge is 2.25. The Labute approximate surface area is 95.7 Å². The van der Waals surface area contributed by atoms with Crippen LogP contribution in [0.3, 0.4) is 0 Å². The molecule has 1 aromatic rings. The number of aliphatic hydroxyl groups excluding tert-OH is 1. The summed E-state index contributed by atoms with van der Waals surface area (Å²) in [4.78, 5) is 2.24. The average molecular weight is 223 g/mol. The second-order valence-corrected chi connectivity index (χ2v) is 4.71. The molecular formula is C13H18FNO. The van der Waals surface area contributed by atoms with Crippen LogP contribution in [-0.2, 0) is 6.42 Å². The van der Waals surface area contributed by atoms with Crippen LogP contribution in [0.2, 0.25) is 0 Å². The molecule has 16 heavy (non-hydrogen) atoms. The first-order chi connectivity index (χ1) is 7.65. The number of piperidine rings is 1. The van der Waals surface area contributed by atoms with E-state index in [1.165, 1.54) is 12.1 Å². The molecular weight excluding hydrogens is 205 g/mol. The van der Waals surface area contributed by atoms with Crippen LogP contribution < -0.4 is 0 Å². The second kappa shape index (κ2) is 4.93. The summed E-state index contributed by atoms with van der Waals surface area (Å²) >= 11 is 0. The summed E-state index contributed by atoms with van der Waals surface area (Å²) in [5.74, 6) is 0.0641. The molecule has 0 aromatic heterocycles. The highest BCUT2D eigenvalue weighted by atomic mass is 19.1. The van der Waals surface area contributed by atoms with Crippen molar-refractivity contribution in [2.45, 2.75) is 18.9 Å². The maximum atomic E-state index is 12.7. The van der Waals surface area contributed by atoms with Crippen molar-refractivity contribution in [1.82, 2.24) is 4.90 Å². The normalized spacial score (nSPS) is 26.9. The van der Waals surface area contributed by atoms with E-state index in [0.717, 1.165) is 31.5 Å². The summed E-state index contributed by atoms with van der Waals surface area (Å²) in [6.45, 7) is 1.87. The summed E-state index contributed by atoms with van der Waals surface area (Å²) in [5, 5.41) is 9.90. The van der Waals surface area contributed by atoms with E-state index in [1.807, 2.05) is 0 Å². The van der Waals surface area contributed by atoms with Crippen molar-refractivity contribution in [2.75, 3.05) is 20.1 Å². The molecule has 1 aliphatic rings. The van der Waals surface area contributed by atoms with Crippen LogP contribution >= 0.6 is 0 Å². The van der Waals surface area contributed by atoms with Gasteiger partial charge in [0.1, 0.15) is 5.82 Å². The average Bonchev–Trinajstić information content (AvgIpc) is 2.27. The molecule has 0 saturated carbocycles. The highest BCUT2D eigenvalue weighted by Crippen LogP contribution is 2.20. The first-order valence-electron chi connectivity index (χ1n) is 5.76. The van der Waals surface area contributed by atoms with Gasteiger partial charge in [-0.25, -0.2) is 4.39 Å². The smallest absolute Gasteiger partial charge is 0.123 e. The number of benzene rings is 1. The van der Waals surface area contributed by atoms with Gasteiger partial charge in [-0.05, 0) is 37.6 Å². The molecule has 0 bridgehead atoms. The van der Waals surface area contributed by atoms with Crippen molar-refractivity contribution >= 4 is 0 Å². The Morgan fingerprint density at radius 3 is 2.75 bits per heavy atom.